The van der Waals surface area contributed by atoms with Crippen LogP contribution in [0.15, 0.2) is 24.3 Å². The Morgan fingerprint density at radius 2 is 1.85 bits per heavy atom. The van der Waals surface area contributed by atoms with Crippen LogP contribution in [0.1, 0.15) is 42.4 Å². The molecule has 68 valence electrons. The number of aliphatic hydroxyl groups excluding tert-OH is 1. The van der Waals surface area contributed by atoms with Gasteiger partial charge in [0.15, 0.2) is 0 Å². The Hall–Kier alpha value is -0.820. The second-order valence-electron chi connectivity index (χ2n) is 4.32. The van der Waals surface area contributed by atoms with Crippen molar-refractivity contribution >= 4 is 0 Å². The molecule has 0 saturated heterocycles. The van der Waals surface area contributed by atoms with Crippen LogP contribution in [-0.4, -0.2) is 5.11 Å². The van der Waals surface area contributed by atoms with Gasteiger partial charge in [-0.15, -0.1) is 0 Å². The Kier molecular flexibility index (Phi) is 1.50. The summed E-state index contributed by atoms with van der Waals surface area (Å²) < 4.78 is 0. The minimum atomic E-state index is -0.205. The lowest BCUT2D eigenvalue weighted by Gasteiger charge is -2.11. The predicted octanol–water partition coefficient (Wildman–Crippen LogP) is 2.62. The van der Waals surface area contributed by atoms with Crippen molar-refractivity contribution in [1.82, 2.24) is 0 Å². The van der Waals surface area contributed by atoms with Crippen molar-refractivity contribution in [3.8, 4) is 0 Å². The minimum absolute atomic E-state index is 0.205. The van der Waals surface area contributed by atoms with Gasteiger partial charge in [0.2, 0.25) is 0 Å². The van der Waals surface area contributed by atoms with E-state index in [2.05, 4.69) is 18.2 Å². The van der Waals surface area contributed by atoms with E-state index in [-0.39, 0.29) is 6.10 Å². The van der Waals surface area contributed by atoms with Crippen LogP contribution in [0.4, 0.5) is 0 Å². The summed E-state index contributed by atoms with van der Waals surface area (Å²) in [6.07, 6.45) is 3.31. The molecule has 1 fully saturated rings. The van der Waals surface area contributed by atoms with Crippen molar-refractivity contribution in [2.75, 3.05) is 0 Å². The Labute approximate surface area is 78.4 Å². The molecular weight excluding hydrogens is 160 g/mol. The number of aliphatic hydroxyl groups is 1. The van der Waals surface area contributed by atoms with Crippen LogP contribution in [0.3, 0.4) is 0 Å². The van der Waals surface area contributed by atoms with Gasteiger partial charge in [0.1, 0.15) is 0 Å². The highest BCUT2D eigenvalue weighted by Crippen LogP contribution is 2.54. The SMILES string of the molecule is O[C@@H]1CC[C@H]2C[C@H]2c2ccccc21. The van der Waals surface area contributed by atoms with E-state index in [4.69, 9.17) is 0 Å². The lowest BCUT2D eigenvalue weighted by molar-refractivity contribution is 0.164. The van der Waals surface area contributed by atoms with Gasteiger partial charge in [0, 0.05) is 0 Å². The van der Waals surface area contributed by atoms with Crippen LogP contribution in [0.5, 0.6) is 0 Å². The Morgan fingerprint density at radius 1 is 1.08 bits per heavy atom. The summed E-state index contributed by atoms with van der Waals surface area (Å²) in [5.74, 6) is 1.65. The molecule has 0 aromatic heterocycles. The van der Waals surface area contributed by atoms with Gasteiger partial charge in [0.05, 0.1) is 6.10 Å². The van der Waals surface area contributed by atoms with Crippen molar-refractivity contribution in [2.45, 2.75) is 31.3 Å². The molecule has 3 rings (SSSR count). The maximum absolute atomic E-state index is 9.88. The molecule has 0 spiro atoms. The minimum Gasteiger partial charge on any atom is -0.388 e. The highest BCUT2D eigenvalue weighted by Gasteiger charge is 2.41. The quantitative estimate of drug-likeness (QED) is 0.641. The van der Waals surface area contributed by atoms with Gasteiger partial charge < -0.3 is 5.11 Å². The first-order valence-electron chi connectivity index (χ1n) is 5.13. The third-order valence-corrected chi connectivity index (χ3v) is 3.49. The molecule has 0 heterocycles. The molecule has 1 aromatic rings. The van der Waals surface area contributed by atoms with E-state index in [0.717, 1.165) is 18.3 Å². The molecule has 0 radical (unpaired) electrons. The van der Waals surface area contributed by atoms with Crippen LogP contribution in [0.25, 0.3) is 0 Å². The van der Waals surface area contributed by atoms with Gasteiger partial charge in [-0.3, -0.25) is 0 Å². The summed E-state index contributed by atoms with van der Waals surface area (Å²) in [5.41, 5.74) is 2.60. The van der Waals surface area contributed by atoms with Crippen LogP contribution in [0.2, 0.25) is 0 Å². The molecule has 0 bridgehead atoms. The van der Waals surface area contributed by atoms with Crippen molar-refractivity contribution in [1.29, 1.82) is 0 Å². The molecule has 0 amide bonds. The molecule has 0 unspecified atom stereocenters. The molecule has 13 heavy (non-hydrogen) atoms. The van der Waals surface area contributed by atoms with Gasteiger partial charge in [0.25, 0.3) is 0 Å². The van der Waals surface area contributed by atoms with Crippen molar-refractivity contribution in [2.24, 2.45) is 5.92 Å². The average molecular weight is 174 g/mol. The molecule has 1 heteroatoms. The van der Waals surface area contributed by atoms with Crippen molar-refractivity contribution in [3.05, 3.63) is 35.4 Å². The number of hydrogen-bond donors (Lipinski definition) is 1. The summed E-state index contributed by atoms with van der Waals surface area (Å²) >= 11 is 0. The molecular formula is C12H14O. The zero-order chi connectivity index (χ0) is 8.84. The fraction of sp³-hybridized carbons (Fsp3) is 0.500. The van der Waals surface area contributed by atoms with Crippen LogP contribution in [-0.2, 0) is 0 Å². The van der Waals surface area contributed by atoms with Crippen LogP contribution >= 0.6 is 0 Å². The first kappa shape index (κ1) is 7.57. The monoisotopic (exact) mass is 174 g/mol. The Morgan fingerprint density at radius 3 is 2.69 bits per heavy atom. The summed E-state index contributed by atoms with van der Waals surface area (Å²) in [7, 11) is 0. The third kappa shape index (κ3) is 1.11. The zero-order valence-corrected chi connectivity index (χ0v) is 7.61. The van der Waals surface area contributed by atoms with E-state index in [1.165, 1.54) is 24.0 Å². The standard InChI is InChI=1S/C12H14O/c13-12-6-5-8-7-11(8)9-3-1-2-4-10(9)12/h1-4,8,11-13H,5-7H2/t8-,11+,12+/m0/s1. The van der Waals surface area contributed by atoms with Crippen LogP contribution in [0, 0.1) is 5.92 Å². The molecule has 2 aliphatic rings. The fourth-order valence-electron chi connectivity index (χ4n) is 2.63. The third-order valence-electron chi connectivity index (χ3n) is 3.49. The summed E-state index contributed by atoms with van der Waals surface area (Å²) in [4.78, 5) is 0. The van der Waals surface area contributed by atoms with Gasteiger partial charge in [-0.25, -0.2) is 0 Å². The second-order valence-corrected chi connectivity index (χ2v) is 4.32. The molecule has 2 aliphatic carbocycles. The number of fused-ring (bicyclic) bond motifs is 3. The fourth-order valence-corrected chi connectivity index (χ4v) is 2.63. The number of hydrogen-bond acceptors (Lipinski definition) is 1. The molecule has 0 aliphatic heterocycles. The Bertz CT molecular complexity index is 311. The summed E-state index contributed by atoms with van der Waals surface area (Å²) in [5, 5.41) is 9.88. The lowest BCUT2D eigenvalue weighted by Crippen LogP contribution is -1.98. The highest BCUT2D eigenvalue weighted by atomic mass is 16.3. The largest absolute Gasteiger partial charge is 0.388 e. The van der Waals surface area contributed by atoms with E-state index in [0.29, 0.717) is 0 Å². The normalized spacial score (nSPS) is 35.9. The van der Waals surface area contributed by atoms with Gasteiger partial charge in [-0.2, -0.15) is 0 Å². The second kappa shape index (κ2) is 2.58. The maximum Gasteiger partial charge on any atom is 0.0792 e. The van der Waals surface area contributed by atoms with E-state index in [9.17, 15) is 5.11 Å². The molecule has 1 nitrogen and oxygen atoms in total. The average Bonchev–Trinajstić information content (AvgIpc) is 2.92. The van der Waals surface area contributed by atoms with Crippen molar-refractivity contribution < 1.29 is 5.11 Å². The number of rotatable bonds is 0. The van der Waals surface area contributed by atoms with Crippen LogP contribution < -0.4 is 0 Å². The first-order valence-corrected chi connectivity index (χ1v) is 5.13. The van der Waals surface area contributed by atoms with E-state index < -0.39 is 0 Å². The summed E-state index contributed by atoms with van der Waals surface area (Å²) in [6.45, 7) is 0. The van der Waals surface area contributed by atoms with Crippen molar-refractivity contribution in [3.63, 3.8) is 0 Å². The topological polar surface area (TPSA) is 20.2 Å². The molecule has 1 aromatic carbocycles. The molecule has 3 atom stereocenters. The van der Waals surface area contributed by atoms with Gasteiger partial charge in [-0.1, -0.05) is 24.3 Å². The zero-order valence-electron chi connectivity index (χ0n) is 7.61. The first-order chi connectivity index (χ1) is 6.36. The molecule has 1 N–H and O–H groups in total. The van der Waals surface area contributed by atoms with E-state index >= 15 is 0 Å². The Balaban J connectivity index is 2.10. The number of benzene rings is 1. The van der Waals surface area contributed by atoms with Gasteiger partial charge in [-0.05, 0) is 42.2 Å². The summed E-state index contributed by atoms with van der Waals surface area (Å²) in [6, 6.07) is 8.40. The van der Waals surface area contributed by atoms with E-state index in [1.807, 2.05) is 6.07 Å². The predicted molar refractivity (Wildman–Crippen MR) is 51.5 cm³/mol. The lowest BCUT2D eigenvalue weighted by atomic mass is 9.99. The molecule has 1 saturated carbocycles. The maximum atomic E-state index is 9.88. The van der Waals surface area contributed by atoms with Gasteiger partial charge >= 0.3 is 0 Å². The highest BCUT2D eigenvalue weighted by molar-refractivity contribution is 5.37. The smallest absolute Gasteiger partial charge is 0.0792 e. The van der Waals surface area contributed by atoms with E-state index in [1.54, 1.807) is 0 Å².